The SMILES string of the molecule is Cc1nc(NCc2ccccc2)nnc1-c1ccc2sccc2c1O. The molecule has 0 aliphatic carbocycles. The number of benzene rings is 2. The summed E-state index contributed by atoms with van der Waals surface area (Å²) in [5, 5.41) is 24.9. The van der Waals surface area contributed by atoms with Gasteiger partial charge in [0, 0.05) is 22.2 Å². The van der Waals surface area contributed by atoms with E-state index in [0.29, 0.717) is 23.8 Å². The molecule has 6 heteroatoms. The van der Waals surface area contributed by atoms with Crippen molar-refractivity contribution in [1.29, 1.82) is 0 Å². The molecule has 25 heavy (non-hydrogen) atoms. The molecule has 4 aromatic rings. The van der Waals surface area contributed by atoms with Crippen molar-refractivity contribution in [2.45, 2.75) is 13.5 Å². The minimum absolute atomic E-state index is 0.225. The summed E-state index contributed by atoms with van der Waals surface area (Å²) in [5.74, 6) is 0.698. The summed E-state index contributed by atoms with van der Waals surface area (Å²) in [6.07, 6.45) is 0. The number of anilines is 1. The predicted molar refractivity (Wildman–Crippen MR) is 101 cm³/mol. The Kier molecular flexibility index (Phi) is 4.03. The molecule has 0 radical (unpaired) electrons. The smallest absolute Gasteiger partial charge is 0.243 e. The number of aromatic hydroxyl groups is 1. The topological polar surface area (TPSA) is 70.9 Å². The summed E-state index contributed by atoms with van der Waals surface area (Å²) in [5.41, 5.74) is 3.11. The first-order valence-corrected chi connectivity index (χ1v) is 8.79. The fraction of sp³-hybridized carbons (Fsp3) is 0.105. The number of phenols is 1. The van der Waals surface area contributed by atoms with Crippen molar-refractivity contribution in [2.75, 3.05) is 5.32 Å². The van der Waals surface area contributed by atoms with Crippen LogP contribution in [0.5, 0.6) is 5.75 Å². The van der Waals surface area contributed by atoms with Gasteiger partial charge in [-0.3, -0.25) is 0 Å². The van der Waals surface area contributed by atoms with Gasteiger partial charge in [-0.15, -0.1) is 21.5 Å². The lowest BCUT2D eigenvalue weighted by Gasteiger charge is -2.09. The molecule has 0 atom stereocenters. The van der Waals surface area contributed by atoms with E-state index in [2.05, 4.69) is 20.5 Å². The zero-order chi connectivity index (χ0) is 17.2. The Morgan fingerprint density at radius 2 is 1.88 bits per heavy atom. The largest absolute Gasteiger partial charge is 0.507 e. The van der Waals surface area contributed by atoms with Gasteiger partial charge in [0.2, 0.25) is 5.95 Å². The Morgan fingerprint density at radius 1 is 1.04 bits per heavy atom. The number of thiophene rings is 1. The number of hydrogen-bond acceptors (Lipinski definition) is 6. The van der Waals surface area contributed by atoms with Crippen LogP contribution in [-0.4, -0.2) is 20.3 Å². The van der Waals surface area contributed by atoms with Crippen molar-refractivity contribution in [1.82, 2.24) is 15.2 Å². The molecule has 0 amide bonds. The highest BCUT2D eigenvalue weighted by Gasteiger charge is 2.14. The van der Waals surface area contributed by atoms with Crippen LogP contribution in [0.15, 0.2) is 53.9 Å². The average molecular weight is 348 g/mol. The third-order valence-electron chi connectivity index (χ3n) is 4.02. The van der Waals surface area contributed by atoms with E-state index in [9.17, 15) is 5.11 Å². The second kappa shape index (κ2) is 6.49. The van der Waals surface area contributed by atoms with Crippen LogP contribution in [0.25, 0.3) is 21.3 Å². The van der Waals surface area contributed by atoms with Gasteiger partial charge in [-0.25, -0.2) is 4.98 Å². The molecule has 0 aliphatic rings. The molecule has 5 nitrogen and oxygen atoms in total. The molecular weight excluding hydrogens is 332 g/mol. The zero-order valence-electron chi connectivity index (χ0n) is 13.6. The van der Waals surface area contributed by atoms with Gasteiger partial charge in [-0.1, -0.05) is 30.3 Å². The van der Waals surface area contributed by atoms with Gasteiger partial charge < -0.3 is 10.4 Å². The molecule has 4 rings (SSSR count). The van der Waals surface area contributed by atoms with E-state index in [-0.39, 0.29) is 5.75 Å². The van der Waals surface area contributed by atoms with Gasteiger partial charge in [-0.05, 0) is 36.1 Å². The molecular formula is C19H16N4OS. The molecule has 0 unspecified atom stereocenters. The third kappa shape index (κ3) is 3.04. The highest BCUT2D eigenvalue weighted by atomic mass is 32.1. The lowest BCUT2D eigenvalue weighted by Crippen LogP contribution is -2.07. The lowest BCUT2D eigenvalue weighted by molar-refractivity contribution is 0.483. The van der Waals surface area contributed by atoms with Gasteiger partial charge in [-0.2, -0.15) is 0 Å². The highest BCUT2D eigenvalue weighted by Crippen LogP contribution is 2.37. The number of fused-ring (bicyclic) bond motifs is 1. The standard InChI is InChI=1S/C19H16N4OS/c1-12-17(15-7-8-16-14(18(15)24)9-10-25-16)22-23-19(21-12)20-11-13-5-3-2-4-6-13/h2-10,24H,11H2,1H3,(H,20,21,23). The van der Waals surface area contributed by atoms with Crippen molar-refractivity contribution in [2.24, 2.45) is 0 Å². The molecule has 0 saturated heterocycles. The van der Waals surface area contributed by atoms with E-state index in [1.165, 1.54) is 0 Å². The van der Waals surface area contributed by atoms with Gasteiger partial charge in [0.15, 0.2) is 0 Å². The van der Waals surface area contributed by atoms with E-state index in [0.717, 1.165) is 21.3 Å². The number of hydrogen-bond donors (Lipinski definition) is 2. The number of rotatable bonds is 4. The van der Waals surface area contributed by atoms with Crippen LogP contribution >= 0.6 is 11.3 Å². The molecule has 2 aromatic heterocycles. The minimum atomic E-state index is 0.225. The maximum Gasteiger partial charge on any atom is 0.243 e. The van der Waals surface area contributed by atoms with Crippen molar-refractivity contribution in [3.63, 3.8) is 0 Å². The molecule has 0 fully saturated rings. The lowest BCUT2D eigenvalue weighted by atomic mass is 10.1. The van der Waals surface area contributed by atoms with Crippen molar-refractivity contribution in [3.8, 4) is 17.0 Å². The highest BCUT2D eigenvalue weighted by molar-refractivity contribution is 7.17. The first-order valence-electron chi connectivity index (χ1n) is 7.91. The third-order valence-corrected chi connectivity index (χ3v) is 4.90. The van der Waals surface area contributed by atoms with Gasteiger partial charge >= 0.3 is 0 Å². The first-order chi connectivity index (χ1) is 12.2. The van der Waals surface area contributed by atoms with Crippen LogP contribution in [0.4, 0.5) is 5.95 Å². The van der Waals surface area contributed by atoms with Gasteiger partial charge in [0.25, 0.3) is 0 Å². The maximum absolute atomic E-state index is 10.5. The Morgan fingerprint density at radius 3 is 2.68 bits per heavy atom. The monoisotopic (exact) mass is 348 g/mol. The van der Waals surface area contributed by atoms with Gasteiger partial charge in [0.1, 0.15) is 11.4 Å². The number of phenolic OH excluding ortho intramolecular Hbond substituents is 1. The average Bonchev–Trinajstić information content (AvgIpc) is 3.12. The summed E-state index contributed by atoms with van der Waals surface area (Å²) in [6.45, 7) is 2.50. The quantitative estimate of drug-likeness (QED) is 0.573. The second-order valence-corrected chi connectivity index (χ2v) is 6.65. The van der Waals surface area contributed by atoms with Crippen molar-refractivity contribution >= 4 is 27.4 Å². The number of aryl methyl sites for hydroxylation is 1. The number of nitrogens with one attached hydrogen (secondary N) is 1. The van der Waals surface area contributed by atoms with Crippen LogP contribution in [0, 0.1) is 6.92 Å². The van der Waals surface area contributed by atoms with Crippen molar-refractivity contribution < 1.29 is 5.11 Å². The zero-order valence-corrected chi connectivity index (χ0v) is 14.4. The molecule has 0 bridgehead atoms. The summed E-state index contributed by atoms with van der Waals surface area (Å²) >= 11 is 1.59. The first kappa shape index (κ1) is 15.5. The molecule has 124 valence electrons. The van der Waals surface area contributed by atoms with Crippen LogP contribution in [0.2, 0.25) is 0 Å². The summed E-state index contributed by atoms with van der Waals surface area (Å²) in [4.78, 5) is 4.48. The van der Waals surface area contributed by atoms with Crippen LogP contribution in [-0.2, 0) is 6.54 Å². The predicted octanol–water partition coefficient (Wildman–Crippen LogP) is 4.38. The van der Waals surface area contributed by atoms with E-state index in [1.54, 1.807) is 11.3 Å². The molecule has 0 saturated carbocycles. The summed E-state index contributed by atoms with van der Waals surface area (Å²) in [6, 6.07) is 15.8. The fourth-order valence-corrected chi connectivity index (χ4v) is 3.51. The minimum Gasteiger partial charge on any atom is -0.507 e. The Balaban J connectivity index is 1.62. The summed E-state index contributed by atoms with van der Waals surface area (Å²) < 4.78 is 1.04. The molecule has 0 aliphatic heterocycles. The van der Waals surface area contributed by atoms with E-state index < -0.39 is 0 Å². The molecule has 2 aromatic carbocycles. The van der Waals surface area contributed by atoms with Crippen molar-refractivity contribution in [3.05, 3.63) is 65.2 Å². The maximum atomic E-state index is 10.5. The van der Waals surface area contributed by atoms with E-state index in [4.69, 9.17) is 0 Å². The van der Waals surface area contributed by atoms with Gasteiger partial charge in [0.05, 0.1) is 5.69 Å². The Labute approximate surface area is 149 Å². The Hall–Kier alpha value is -2.99. The molecule has 2 heterocycles. The van der Waals surface area contributed by atoms with Crippen LogP contribution < -0.4 is 5.32 Å². The Bertz CT molecular complexity index is 1030. The summed E-state index contributed by atoms with van der Waals surface area (Å²) in [7, 11) is 0. The molecule has 0 spiro atoms. The normalized spacial score (nSPS) is 10.9. The van der Waals surface area contributed by atoms with Crippen LogP contribution in [0.1, 0.15) is 11.3 Å². The number of nitrogens with zero attached hydrogens (tertiary/aromatic N) is 3. The van der Waals surface area contributed by atoms with E-state index in [1.807, 2.05) is 60.8 Å². The van der Waals surface area contributed by atoms with Crippen LogP contribution in [0.3, 0.4) is 0 Å². The second-order valence-electron chi connectivity index (χ2n) is 5.70. The number of aromatic nitrogens is 3. The fourth-order valence-electron chi connectivity index (χ4n) is 2.72. The molecule has 2 N–H and O–H groups in total. The van der Waals surface area contributed by atoms with E-state index >= 15 is 0 Å².